The van der Waals surface area contributed by atoms with E-state index in [0.717, 1.165) is 18.4 Å². The van der Waals surface area contributed by atoms with Crippen LogP contribution in [0.2, 0.25) is 0 Å². The Hall–Kier alpha value is -1.05. The van der Waals surface area contributed by atoms with Crippen molar-refractivity contribution in [3.63, 3.8) is 0 Å². The van der Waals surface area contributed by atoms with Gasteiger partial charge in [0.25, 0.3) is 5.56 Å². The third-order valence-electron chi connectivity index (χ3n) is 3.45. The molecule has 1 aliphatic carbocycles. The van der Waals surface area contributed by atoms with Crippen LogP contribution >= 0.6 is 0 Å². The van der Waals surface area contributed by atoms with Gasteiger partial charge in [-0.2, -0.15) is 0 Å². The van der Waals surface area contributed by atoms with Crippen molar-refractivity contribution in [3.8, 4) is 0 Å². The number of aromatic amines is 1. The Morgan fingerprint density at radius 3 is 2.87 bits per heavy atom. The van der Waals surface area contributed by atoms with Gasteiger partial charge in [0.05, 0.1) is 0 Å². The molecule has 0 saturated carbocycles. The standard InChI is InChI=1S/C13H19NO/c1-4-10-7-11-9(3)5-8(2)6-12(11)14-13(10)15/h7-9H,4-6H2,1-3H3,(H,14,15). The molecule has 1 heterocycles. The first-order chi connectivity index (χ1) is 7.11. The van der Waals surface area contributed by atoms with Crippen molar-refractivity contribution in [2.45, 2.75) is 46.0 Å². The predicted octanol–water partition coefficient (Wildman–Crippen LogP) is 2.62. The van der Waals surface area contributed by atoms with Crippen molar-refractivity contribution in [1.82, 2.24) is 4.98 Å². The number of aromatic nitrogens is 1. The molecule has 82 valence electrons. The Balaban J connectivity index is 2.52. The highest BCUT2D eigenvalue weighted by Crippen LogP contribution is 2.32. The van der Waals surface area contributed by atoms with Gasteiger partial charge in [-0.3, -0.25) is 4.79 Å². The van der Waals surface area contributed by atoms with E-state index in [0.29, 0.717) is 11.8 Å². The molecule has 0 bridgehead atoms. The van der Waals surface area contributed by atoms with E-state index < -0.39 is 0 Å². The van der Waals surface area contributed by atoms with Crippen LogP contribution in [0.25, 0.3) is 0 Å². The molecule has 0 spiro atoms. The number of pyridine rings is 1. The summed E-state index contributed by atoms with van der Waals surface area (Å²) in [6, 6.07) is 2.12. The summed E-state index contributed by atoms with van der Waals surface area (Å²) in [6.45, 7) is 6.55. The van der Waals surface area contributed by atoms with E-state index in [9.17, 15) is 4.79 Å². The Kier molecular flexibility index (Phi) is 2.68. The van der Waals surface area contributed by atoms with Gasteiger partial charge >= 0.3 is 0 Å². The number of nitrogens with one attached hydrogen (secondary N) is 1. The Morgan fingerprint density at radius 2 is 2.20 bits per heavy atom. The molecule has 2 nitrogen and oxygen atoms in total. The van der Waals surface area contributed by atoms with Crippen molar-refractivity contribution >= 4 is 0 Å². The van der Waals surface area contributed by atoms with Crippen LogP contribution in [0.15, 0.2) is 10.9 Å². The first kappa shape index (κ1) is 10.5. The molecule has 0 aromatic carbocycles. The van der Waals surface area contributed by atoms with E-state index >= 15 is 0 Å². The monoisotopic (exact) mass is 205 g/mol. The molecule has 0 fully saturated rings. The van der Waals surface area contributed by atoms with Crippen LogP contribution in [0.5, 0.6) is 0 Å². The lowest BCUT2D eigenvalue weighted by molar-refractivity contribution is 0.441. The SMILES string of the molecule is CCc1cc2c([nH]c1=O)CC(C)CC2C. The number of aryl methyl sites for hydroxylation is 1. The highest BCUT2D eigenvalue weighted by atomic mass is 16.1. The summed E-state index contributed by atoms with van der Waals surface area (Å²) in [5, 5.41) is 0. The average Bonchev–Trinajstić information content (AvgIpc) is 2.16. The second-order valence-corrected chi connectivity index (χ2v) is 4.86. The summed E-state index contributed by atoms with van der Waals surface area (Å²) >= 11 is 0. The van der Waals surface area contributed by atoms with E-state index in [2.05, 4.69) is 24.9 Å². The molecule has 0 aliphatic heterocycles. The van der Waals surface area contributed by atoms with Crippen LogP contribution in [0.1, 0.15) is 49.9 Å². The van der Waals surface area contributed by atoms with Gasteiger partial charge in [-0.25, -0.2) is 0 Å². The van der Waals surface area contributed by atoms with Crippen molar-refractivity contribution in [2.24, 2.45) is 5.92 Å². The van der Waals surface area contributed by atoms with Crippen molar-refractivity contribution in [2.75, 3.05) is 0 Å². The molecule has 2 rings (SSSR count). The highest BCUT2D eigenvalue weighted by Gasteiger charge is 2.22. The average molecular weight is 205 g/mol. The van der Waals surface area contributed by atoms with Crippen molar-refractivity contribution in [1.29, 1.82) is 0 Å². The van der Waals surface area contributed by atoms with Crippen LogP contribution < -0.4 is 5.56 Å². The van der Waals surface area contributed by atoms with Crippen LogP contribution in [0.3, 0.4) is 0 Å². The number of hydrogen-bond donors (Lipinski definition) is 1. The Bertz CT molecular complexity index is 419. The summed E-state index contributed by atoms with van der Waals surface area (Å²) in [7, 11) is 0. The second-order valence-electron chi connectivity index (χ2n) is 4.86. The fourth-order valence-corrected chi connectivity index (χ4v) is 2.66. The molecule has 0 saturated heterocycles. The summed E-state index contributed by atoms with van der Waals surface area (Å²) in [5.41, 5.74) is 3.57. The zero-order valence-corrected chi connectivity index (χ0v) is 9.76. The van der Waals surface area contributed by atoms with E-state index in [-0.39, 0.29) is 5.56 Å². The number of rotatable bonds is 1. The first-order valence-electron chi connectivity index (χ1n) is 5.86. The molecular formula is C13H19NO. The van der Waals surface area contributed by atoms with Gasteiger partial charge in [0.15, 0.2) is 0 Å². The maximum Gasteiger partial charge on any atom is 0.251 e. The smallest absolute Gasteiger partial charge is 0.251 e. The number of H-pyrrole nitrogens is 1. The number of hydrogen-bond acceptors (Lipinski definition) is 1. The fourth-order valence-electron chi connectivity index (χ4n) is 2.66. The van der Waals surface area contributed by atoms with Crippen LogP contribution in [-0.4, -0.2) is 4.98 Å². The van der Waals surface area contributed by atoms with Crippen molar-refractivity contribution < 1.29 is 0 Å². The molecule has 1 aliphatic rings. The molecule has 1 aromatic heterocycles. The lowest BCUT2D eigenvalue weighted by Gasteiger charge is -2.27. The zero-order valence-electron chi connectivity index (χ0n) is 9.76. The van der Waals surface area contributed by atoms with Gasteiger partial charge in [-0.15, -0.1) is 0 Å². The van der Waals surface area contributed by atoms with Crippen LogP contribution in [0, 0.1) is 5.92 Å². The minimum absolute atomic E-state index is 0.109. The largest absolute Gasteiger partial charge is 0.326 e. The van der Waals surface area contributed by atoms with Gasteiger partial charge < -0.3 is 4.98 Å². The molecule has 0 radical (unpaired) electrons. The lowest BCUT2D eigenvalue weighted by atomic mass is 9.80. The van der Waals surface area contributed by atoms with E-state index in [1.807, 2.05) is 6.92 Å². The molecule has 2 heteroatoms. The van der Waals surface area contributed by atoms with E-state index in [4.69, 9.17) is 0 Å². The predicted molar refractivity (Wildman–Crippen MR) is 62.3 cm³/mol. The van der Waals surface area contributed by atoms with Crippen molar-refractivity contribution in [3.05, 3.63) is 33.2 Å². The maximum atomic E-state index is 11.7. The van der Waals surface area contributed by atoms with Gasteiger partial charge in [0.2, 0.25) is 0 Å². The minimum Gasteiger partial charge on any atom is -0.326 e. The molecule has 2 atom stereocenters. The van der Waals surface area contributed by atoms with Crippen LogP contribution in [-0.2, 0) is 12.8 Å². The first-order valence-corrected chi connectivity index (χ1v) is 5.86. The molecule has 1 aromatic rings. The summed E-state index contributed by atoms with van der Waals surface area (Å²) in [4.78, 5) is 14.7. The molecule has 0 amide bonds. The molecular weight excluding hydrogens is 186 g/mol. The normalized spacial score (nSPS) is 25.0. The lowest BCUT2D eigenvalue weighted by Crippen LogP contribution is -2.23. The minimum atomic E-state index is 0.109. The van der Waals surface area contributed by atoms with E-state index in [1.54, 1.807) is 0 Å². The Morgan fingerprint density at radius 1 is 1.47 bits per heavy atom. The second kappa shape index (κ2) is 3.84. The molecule has 2 unspecified atom stereocenters. The Labute approximate surface area is 90.7 Å². The van der Waals surface area contributed by atoms with Gasteiger partial charge in [-0.05, 0) is 42.7 Å². The summed E-state index contributed by atoms with van der Waals surface area (Å²) in [5.74, 6) is 1.28. The zero-order chi connectivity index (χ0) is 11.0. The van der Waals surface area contributed by atoms with E-state index in [1.165, 1.54) is 17.7 Å². The highest BCUT2D eigenvalue weighted by molar-refractivity contribution is 5.30. The van der Waals surface area contributed by atoms with Gasteiger partial charge in [-0.1, -0.05) is 20.8 Å². The van der Waals surface area contributed by atoms with Crippen LogP contribution in [0.4, 0.5) is 0 Å². The summed E-state index contributed by atoms with van der Waals surface area (Å²) < 4.78 is 0. The molecule has 1 N–H and O–H groups in total. The van der Waals surface area contributed by atoms with Gasteiger partial charge in [0.1, 0.15) is 0 Å². The summed E-state index contributed by atoms with van der Waals surface area (Å²) in [6.07, 6.45) is 3.09. The third-order valence-corrected chi connectivity index (χ3v) is 3.45. The molecule has 15 heavy (non-hydrogen) atoms. The quantitative estimate of drug-likeness (QED) is 0.751. The maximum absolute atomic E-state index is 11.7. The third kappa shape index (κ3) is 1.85. The number of fused-ring (bicyclic) bond motifs is 1. The topological polar surface area (TPSA) is 32.9 Å². The van der Waals surface area contributed by atoms with Gasteiger partial charge in [0, 0.05) is 11.3 Å². The fraction of sp³-hybridized carbons (Fsp3) is 0.615.